The lowest BCUT2D eigenvalue weighted by Gasteiger charge is -2.25. The van der Waals surface area contributed by atoms with Crippen molar-refractivity contribution < 1.29 is 19.5 Å². The number of carbonyl (C=O) groups excluding carboxylic acids is 2. The van der Waals surface area contributed by atoms with E-state index >= 15 is 0 Å². The molecule has 7 heteroatoms. The third-order valence-corrected chi connectivity index (χ3v) is 3.96. The molecule has 0 unspecified atom stereocenters. The number of rotatable bonds is 4. The predicted molar refractivity (Wildman–Crippen MR) is 90.2 cm³/mol. The number of hydrogen-bond acceptors (Lipinski definition) is 3. The van der Waals surface area contributed by atoms with Gasteiger partial charge in [0, 0.05) is 18.3 Å². The Morgan fingerprint density at radius 2 is 2.00 bits per heavy atom. The molecule has 1 aliphatic rings. The molecule has 3 N–H and O–H groups in total. The average molecular weight is 333 g/mol. The van der Waals surface area contributed by atoms with Gasteiger partial charge in [-0.25, -0.2) is 9.59 Å². The maximum atomic E-state index is 12.5. The lowest BCUT2D eigenvalue weighted by Crippen LogP contribution is -2.49. The minimum Gasteiger partial charge on any atom is -0.478 e. The van der Waals surface area contributed by atoms with Gasteiger partial charge in [0.1, 0.15) is 6.04 Å². The second-order valence-electron chi connectivity index (χ2n) is 6.28. The zero-order valence-electron chi connectivity index (χ0n) is 14.1. The van der Waals surface area contributed by atoms with Gasteiger partial charge in [-0.05, 0) is 51.3 Å². The molecule has 1 aliphatic heterocycles. The van der Waals surface area contributed by atoms with E-state index in [0.717, 1.165) is 6.42 Å². The lowest BCUT2D eigenvalue weighted by atomic mass is 10.1. The van der Waals surface area contributed by atoms with Crippen LogP contribution in [0, 0.1) is 6.92 Å². The third-order valence-electron chi connectivity index (χ3n) is 3.96. The highest BCUT2D eigenvalue weighted by Crippen LogP contribution is 2.21. The van der Waals surface area contributed by atoms with Crippen molar-refractivity contribution in [3.8, 4) is 0 Å². The fourth-order valence-corrected chi connectivity index (χ4v) is 2.77. The van der Waals surface area contributed by atoms with Crippen molar-refractivity contribution in [1.29, 1.82) is 0 Å². The first kappa shape index (κ1) is 17.8. The van der Waals surface area contributed by atoms with Crippen molar-refractivity contribution in [1.82, 2.24) is 10.2 Å². The van der Waals surface area contributed by atoms with Gasteiger partial charge in [-0.1, -0.05) is 6.07 Å². The standard InChI is InChI=1S/C17H23N3O4/c1-10(2)18-17(24)20-8-4-5-14(20)15(21)19-12-7-6-11(3)13(9-12)16(22)23/h6-7,9-10,14H,4-5,8H2,1-3H3,(H,18,24)(H,19,21)(H,22,23)/t14-/m0/s1. The van der Waals surface area contributed by atoms with Crippen LogP contribution in [-0.2, 0) is 4.79 Å². The Bertz CT molecular complexity index is 657. The van der Waals surface area contributed by atoms with Crippen LogP contribution >= 0.6 is 0 Å². The second-order valence-corrected chi connectivity index (χ2v) is 6.28. The third kappa shape index (κ3) is 4.04. The van der Waals surface area contributed by atoms with Crippen LogP contribution in [0.3, 0.4) is 0 Å². The largest absolute Gasteiger partial charge is 0.478 e. The van der Waals surface area contributed by atoms with Gasteiger partial charge in [-0.2, -0.15) is 0 Å². The number of hydrogen-bond donors (Lipinski definition) is 3. The smallest absolute Gasteiger partial charge is 0.336 e. The fraction of sp³-hybridized carbons (Fsp3) is 0.471. The van der Waals surface area contributed by atoms with Crippen LogP contribution in [0.15, 0.2) is 18.2 Å². The van der Waals surface area contributed by atoms with E-state index in [0.29, 0.717) is 24.2 Å². The van der Waals surface area contributed by atoms with E-state index in [4.69, 9.17) is 5.11 Å². The highest BCUT2D eigenvalue weighted by molar-refractivity contribution is 5.98. The summed E-state index contributed by atoms with van der Waals surface area (Å²) in [4.78, 5) is 37.4. The van der Waals surface area contributed by atoms with Gasteiger partial charge >= 0.3 is 12.0 Å². The zero-order valence-corrected chi connectivity index (χ0v) is 14.1. The summed E-state index contributed by atoms with van der Waals surface area (Å²) in [6.07, 6.45) is 1.35. The first-order chi connectivity index (χ1) is 11.3. The molecule has 0 spiro atoms. The average Bonchev–Trinajstić information content (AvgIpc) is 2.98. The van der Waals surface area contributed by atoms with Crippen LogP contribution in [0.2, 0.25) is 0 Å². The lowest BCUT2D eigenvalue weighted by molar-refractivity contribution is -0.119. The van der Waals surface area contributed by atoms with Crippen LogP contribution in [0.5, 0.6) is 0 Å². The van der Waals surface area contributed by atoms with Gasteiger partial charge in [0.15, 0.2) is 0 Å². The van der Waals surface area contributed by atoms with Crippen molar-refractivity contribution in [2.45, 2.75) is 45.7 Å². The molecular formula is C17H23N3O4. The molecule has 7 nitrogen and oxygen atoms in total. The minimum absolute atomic E-state index is 0.00275. The van der Waals surface area contributed by atoms with Crippen molar-refractivity contribution in [2.24, 2.45) is 0 Å². The maximum absolute atomic E-state index is 12.5. The van der Waals surface area contributed by atoms with Gasteiger partial charge in [0.2, 0.25) is 5.91 Å². The van der Waals surface area contributed by atoms with Crippen LogP contribution in [0.25, 0.3) is 0 Å². The number of amides is 3. The van der Waals surface area contributed by atoms with Gasteiger partial charge in [-0.3, -0.25) is 4.79 Å². The molecule has 0 bridgehead atoms. The Labute approximate surface area is 141 Å². The minimum atomic E-state index is -1.04. The molecule has 24 heavy (non-hydrogen) atoms. The summed E-state index contributed by atoms with van der Waals surface area (Å²) in [5.74, 6) is -1.34. The Balaban J connectivity index is 2.10. The molecule has 1 heterocycles. The second kappa shape index (κ2) is 7.33. The van der Waals surface area contributed by atoms with E-state index in [2.05, 4.69) is 10.6 Å². The van der Waals surface area contributed by atoms with Gasteiger partial charge in [0.25, 0.3) is 0 Å². The molecule has 1 aromatic rings. The van der Waals surface area contributed by atoms with Crippen molar-refractivity contribution >= 4 is 23.6 Å². The summed E-state index contributed by atoms with van der Waals surface area (Å²) in [5.41, 5.74) is 1.19. The van der Waals surface area contributed by atoms with E-state index in [1.165, 1.54) is 11.0 Å². The van der Waals surface area contributed by atoms with E-state index in [1.807, 2.05) is 13.8 Å². The Morgan fingerprint density at radius 1 is 1.29 bits per heavy atom. The quantitative estimate of drug-likeness (QED) is 0.787. The summed E-state index contributed by atoms with van der Waals surface area (Å²) >= 11 is 0. The Hall–Kier alpha value is -2.57. The number of likely N-dealkylation sites (tertiary alicyclic amines) is 1. The molecule has 1 atom stereocenters. The summed E-state index contributed by atoms with van der Waals surface area (Å²) in [6, 6.07) is 3.95. The summed E-state index contributed by atoms with van der Waals surface area (Å²) < 4.78 is 0. The molecule has 3 amide bonds. The molecule has 2 rings (SSSR count). The van der Waals surface area contributed by atoms with Crippen LogP contribution in [0.4, 0.5) is 10.5 Å². The number of carbonyl (C=O) groups is 3. The molecule has 0 aliphatic carbocycles. The number of anilines is 1. The molecule has 0 aromatic heterocycles. The summed E-state index contributed by atoms with van der Waals surface area (Å²) in [6.45, 7) is 5.96. The van der Waals surface area contributed by atoms with Crippen LogP contribution in [-0.4, -0.2) is 46.5 Å². The zero-order chi connectivity index (χ0) is 17.9. The SMILES string of the molecule is Cc1ccc(NC(=O)[C@@H]2CCCN2C(=O)NC(C)C)cc1C(=O)O. The molecule has 0 radical (unpaired) electrons. The highest BCUT2D eigenvalue weighted by Gasteiger charge is 2.34. The van der Waals surface area contributed by atoms with Crippen molar-refractivity contribution in [3.63, 3.8) is 0 Å². The topological polar surface area (TPSA) is 98.7 Å². The number of benzene rings is 1. The molecule has 130 valence electrons. The molecule has 1 fully saturated rings. The number of carboxylic acid groups (broad SMARTS) is 1. The first-order valence-electron chi connectivity index (χ1n) is 8.01. The molecule has 1 saturated heterocycles. The number of carboxylic acids is 1. The molecule has 0 saturated carbocycles. The van der Waals surface area contributed by atoms with Crippen molar-refractivity contribution in [2.75, 3.05) is 11.9 Å². The first-order valence-corrected chi connectivity index (χ1v) is 8.01. The number of nitrogens with zero attached hydrogens (tertiary/aromatic N) is 1. The predicted octanol–water partition coefficient (Wildman–Crippen LogP) is 2.21. The van der Waals surface area contributed by atoms with E-state index in [9.17, 15) is 14.4 Å². The van der Waals surface area contributed by atoms with Gasteiger partial charge in [0.05, 0.1) is 5.56 Å². The maximum Gasteiger partial charge on any atom is 0.336 e. The fourth-order valence-electron chi connectivity index (χ4n) is 2.77. The highest BCUT2D eigenvalue weighted by atomic mass is 16.4. The summed E-state index contributed by atoms with van der Waals surface area (Å²) in [5, 5.41) is 14.7. The molecular weight excluding hydrogens is 310 g/mol. The number of aromatic carboxylic acids is 1. The van der Waals surface area contributed by atoms with E-state index in [1.54, 1.807) is 19.1 Å². The number of aryl methyl sites for hydroxylation is 1. The van der Waals surface area contributed by atoms with Crippen molar-refractivity contribution in [3.05, 3.63) is 29.3 Å². The number of nitrogens with one attached hydrogen (secondary N) is 2. The van der Waals surface area contributed by atoms with Crippen LogP contribution < -0.4 is 10.6 Å². The Morgan fingerprint density at radius 3 is 2.62 bits per heavy atom. The van der Waals surface area contributed by atoms with Crippen LogP contribution in [0.1, 0.15) is 42.6 Å². The van der Waals surface area contributed by atoms with E-state index < -0.39 is 12.0 Å². The van der Waals surface area contributed by atoms with E-state index in [-0.39, 0.29) is 23.5 Å². The summed E-state index contributed by atoms with van der Waals surface area (Å²) in [7, 11) is 0. The van der Waals surface area contributed by atoms with Gasteiger partial charge in [-0.15, -0.1) is 0 Å². The van der Waals surface area contributed by atoms with Gasteiger partial charge < -0.3 is 20.6 Å². The monoisotopic (exact) mass is 333 g/mol. The number of urea groups is 1. The Kier molecular flexibility index (Phi) is 5.43. The molecule has 1 aromatic carbocycles. The normalized spacial score (nSPS) is 17.0.